The van der Waals surface area contributed by atoms with Crippen molar-refractivity contribution in [3.05, 3.63) is 0 Å². The standard InChI is InChI=1S/C10H21N3O2/c1-7(2)12-9(14)5-11-6-10(15)13-8(3)4/h7-8,11H,5-6H2,1-4H3,(H,12,14)(H,13,15). The Balaban J connectivity index is 3.53. The fourth-order valence-corrected chi connectivity index (χ4v) is 1.04. The minimum atomic E-state index is -0.0950. The largest absolute Gasteiger partial charge is 0.353 e. The highest BCUT2D eigenvalue weighted by Gasteiger charge is 2.05. The van der Waals surface area contributed by atoms with Gasteiger partial charge in [-0.3, -0.25) is 14.9 Å². The SMILES string of the molecule is CC(C)NC(=O)CNCC(=O)NC(C)C. The van der Waals surface area contributed by atoms with Crippen LogP contribution in [-0.2, 0) is 9.59 Å². The third kappa shape index (κ3) is 9.21. The Bertz CT molecular complexity index is 193. The van der Waals surface area contributed by atoms with E-state index in [0.717, 1.165) is 0 Å². The van der Waals surface area contributed by atoms with E-state index in [1.54, 1.807) is 0 Å². The highest BCUT2D eigenvalue weighted by Crippen LogP contribution is 1.77. The Morgan fingerprint density at radius 3 is 1.47 bits per heavy atom. The van der Waals surface area contributed by atoms with Crippen LogP contribution < -0.4 is 16.0 Å². The second-order valence-corrected chi connectivity index (χ2v) is 4.05. The van der Waals surface area contributed by atoms with Gasteiger partial charge in [0.25, 0.3) is 0 Å². The quantitative estimate of drug-likeness (QED) is 0.566. The van der Waals surface area contributed by atoms with Crippen molar-refractivity contribution in [2.45, 2.75) is 39.8 Å². The molecule has 5 heteroatoms. The molecule has 0 rings (SSSR count). The molecule has 0 aliphatic heterocycles. The number of rotatable bonds is 6. The molecule has 3 N–H and O–H groups in total. The van der Waals surface area contributed by atoms with Crippen LogP contribution in [-0.4, -0.2) is 37.0 Å². The van der Waals surface area contributed by atoms with Crippen molar-refractivity contribution in [3.8, 4) is 0 Å². The van der Waals surface area contributed by atoms with Crippen LogP contribution in [0.25, 0.3) is 0 Å². The van der Waals surface area contributed by atoms with Gasteiger partial charge in [0.1, 0.15) is 0 Å². The average Bonchev–Trinajstić information content (AvgIpc) is 2.00. The van der Waals surface area contributed by atoms with Gasteiger partial charge in [0.2, 0.25) is 11.8 Å². The van der Waals surface area contributed by atoms with Crippen molar-refractivity contribution >= 4 is 11.8 Å². The van der Waals surface area contributed by atoms with Crippen LogP contribution in [0.1, 0.15) is 27.7 Å². The monoisotopic (exact) mass is 215 g/mol. The molecule has 0 heterocycles. The first-order valence-electron chi connectivity index (χ1n) is 5.21. The van der Waals surface area contributed by atoms with Crippen molar-refractivity contribution < 1.29 is 9.59 Å². The first kappa shape index (κ1) is 13.9. The van der Waals surface area contributed by atoms with Crippen LogP contribution in [0.4, 0.5) is 0 Å². The highest BCUT2D eigenvalue weighted by molar-refractivity contribution is 5.81. The molecule has 0 spiro atoms. The number of carbonyl (C=O) groups excluding carboxylic acids is 2. The Morgan fingerprint density at radius 2 is 1.20 bits per heavy atom. The smallest absolute Gasteiger partial charge is 0.234 e. The van der Waals surface area contributed by atoms with Crippen LogP contribution in [0.3, 0.4) is 0 Å². The zero-order valence-electron chi connectivity index (χ0n) is 9.89. The number of carbonyl (C=O) groups is 2. The summed E-state index contributed by atoms with van der Waals surface area (Å²) in [5.74, 6) is -0.190. The van der Waals surface area contributed by atoms with E-state index in [4.69, 9.17) is 0 Å². The molecule has 0 saturated carbocycles. The van der Waals surface area contributed by atoms with Gasteiger partial charge in [0, 0.05) is 12.1 Å². The molecule has 0 fully saturated rings. The van der Waals surface area contributed by atoms with Crippen molar-refractivity contribution in [2.24, 2.45) is 0 Å². The van der Waals surface area contributed by atoms with Gasteiger partial charge in [0.05, 0.1) is 13.1 Å². The summed E-state index contributed by atoms with van der Waals surface area (Å²) in [6.45, 7) is 7.91. The summed E-state index contributed by atoms with van der Waals surface area (Å²) < 4.78 is 0. The molecule has 0 aliphatic rings. The average molecular weight is 215 g/mol. The molecule has 0 aromatic heterocycles. The fraction of sp³-hybridized carbons (Fsp3) is 0.800. The molecule has 0 atom stereocenters. The summed E-state index contributed by atoms with van der Waals surface area (Å²) in [5, 5.41) is 8.22. The normalized spacial score (nSPS) is 10.5. The second-order valence-electron chi connectivity index (χ2n) is 4.05. The van der Waals surface area contributed by atoms with Gasteiger partial charge in [-0.1, -0.05) is 0 Å². The van der Waals surface area contributed by atoms with E-state index in [1.165, 1.54) is 0 Å². The summed E-state index contributed by atoms with van der Waals surface area (Å²) in [4.78, 5) is 22.3. The molecular weight excluding hydrogens is 194 g/mol. The van der Waals surface area contributed by atoms with Gasteiger partial charge in [-0.2, -0.15) is 0 Å². The molecule has 0 saturated heterocycles. The lowest BCUT2D eigenvalue weighted by Gasteiger charge is -2.10. The Morgan fingerprint density at radius 1 is 0.867 bits per heavy atom. The van der Waals surface area contributed by atoms with Gasteiger partial charge in [-0.05, 0) is 27.7 Å². The fourth-order valence-electron chi connectivity index (χ4n) is 1.04. The van der Waals surface area contributed by atoms with E-state index in [-0.39, 0.29) is 37.0 Å². The summed E-state index contributed by atoms with van der Waals surface area (Å²) in [6, 6.07) is 0.257. The lowest BCUT2D eigenvalue weighted by Crippen LogP contribution is -2.42. The van der Waals surface area contributed by atoms with E-state index in [0.29, 0.717) is 0 Å². The van der Waals surface area contributed by atoms with E-state index < -0.39 is 0 Å². The lowest BCUT2D eigenvalue weighted by molar-refractivity contribution is -0.121. The maximum atomic E-state index is 11.2. The molecular formula is C10H21N3O2. The predicted octanol–water partition coefficient (Wildman–Crippen LogP) is -0.375. The highest BCUT2D eigenvalue weighted by atomic mass is 16.2. The van der Waals surface area contributed by atoms with Crippen molar-refractivity contribution in [2.75, 3.05) is 13.1 Å². The van der Waals surface area contributed by atoms with E-state index >= 15 is 0 Å². The lowest BCUT2D eigenvalue weighted by atomic mass is 10.4. The van der Waals surface area contributed by atoms with E-state index in [9.17, 15) is 9.59 Å². The molecule has 0 unspecified atom stereocenters. The maximum absolute atomic E-state index is 11.2. The predicted molar refractivity (Wildman–Crippen MR) is 59.4 cm³/mol. The molecule has 0 radical (unpaired) electrons. The van der Waals surface area contributed by atoms with Crippen molar-refractivity contribution in [3.63, 3.8) is 0 Å². The van der Waals surface area contributed by atoms with Gasteiger partial charge in [-0.15, -0.1) is 0 Å². The molecule has 0 aromatic rings. The third-order valence-electron chi connectivity index (χ3n) is 1.47. The first-order valence-corrected chi connectivity index (χ1v) is 5.21. The minimum absolute atomic E-state index is 0.0950. The van der Waals surface area contributed by atoms with Gasteiger partial charge >= 0.3 is 0 Å². The topological polar surface area (TPSA) is 70.2 Å². The Hall–Kier alpha value is -1.10. The van der Waals surface area contributed by atoms with Crippen LogP contribution in [0.15, 0.2) is 0 Å². The van der Waals surface area contributed by atoms with Crippen molar-refractivity contribution in [1.82, 2.24) is 16.0 Å². The molecule has 0 aliphatic carbocycles. The number of amides is 2. The van der Waals surface area contributed by atoms with Crippen LogP contribution in [0.5, 0.6) is 0 Å². The van der Waals surface area contributed by atoms with E-state index in [2.05, 4.69) is 16.0 Å². The summed E-state index contributed by atoms with van der Waals surface area (Å²) in [7, 11) is 0. The molecule has 0 bridgehead atoms. The molecule has 15 heavy (non-hydrogen) atoms. The third-order valence-corrected chi connectivity index (χ3v) is 1.47. The second kappa shape index (κ2) is 7.23. The molecule has 5 nitrogen and oxygen atoms in total. The van der Waals surface area contributed by atoms with Gasteiger partial charge in [-0.25, -0.2) is 0 Å². The number of hydrogen-bond donors (Lipinski definition) is 3. The summed E-state index contributed by atoms with van der Waals surface area (Å²) in [6.07, 6.45) is 0. The molecule has 2 amide bonds. The Kier molecular flexibility index (Phi) is 6.70. The molecule has 88 valence electrons. The minimum Gasteiger partial charge on any atom is -0.353 e. The zero-order valence-corrected chi connectivity index (χ0v) is 9.89. The van der Waals surface area contributed by atoms with Crippen LogP contribution >= 0.6 is 0 Å². The van der Waals surface area contributed by atoms with Gasteiger partial charge in [0.15, 0.2) is 0 Å². The zero-order chi connectivity index (χ0) is 11.8. The Labute approximate surface area is 91.0 Å². The number of nitrogens with one attached hydrogen (secondary N) is 3. The molecule has 0 aromatic carbocycles. The van der Waals surface area contributed by atoms with Gasteiger partial charge < -0.3 is 10.6 Å². The van der Waals surface area contributed by atoms with E-state index in [1.807, 2.05) is 27.7 Å². The number of hydrogen-bond acceptors (Lipinski definition) is 3. The van der Waals surface area contributed by atoms with Crippen LogP contribution in [0, 0.1) is 0 Å². The first-order chi connectivity index (χ1) is 6.91. The van der Waals surface area contributed by atoms with Crippen LogP contribution in [0.2, 0.25) is 0 Å². The maximum Gasteiger partial charge on any atom is 0.234 e. The summed E-state index contributed by atoms with van der Waals surface area (Å²) in [5.41, 5.74) is 0. The summed E-state index contributed by atoms with van der Waals surface area (Å²) >= 11 is 0. The van der Waals surface area contributed by atoms with Crippen molar-refractivity contribution in [1.29, 1.82) is 0 Å².